The highest BCUT2D eigenvalue weighted by atomic mass is 16.5. The van der Waals surface area contributed by atoms with Crippen LogP contribution in [0.3, 0.4) is 0 Å². The van der Waals surface area contributed by atoms with Gasteiger partial charge in [0.15, 0.2) is 0 Å². The molecule has 1 saturated heterocycles. The minimum atomic E-state index is -0.181. The number of rotatable bonds is 5. The summed E-state index contributed by atoms with van der Waals surface area (Å²) in [6.45, 7) is 4.65. The van der Waals surface area contributed by atoms with E-state index in [0.29, 0.717) is 6.61 Å². The second-order valence-corrected chi connectivity index (χ2v) is 4.20. The summed E-state index contributed by atoms with van der Waals surface area (Å²) < 4.78 is 15.9. The van der Waals surface area contributed by atoms with Crippen LogP contribution >= 0.6 is 0 Å². The van der Waals surface area contributed by atoms with Crippen molar-refractivity contribution in [3.8, 4) is 0 Å². The fourth-order valence-electron chi connectivity index (χ4n) is 2.53. The molecule has 4 atom stereocenters. The molecule has 0 aromatic rings. The van der Waals surface area contributed by atoms with E-state index < -0.39 is 0 Å². The summed E-state index contributed by atoms with van der Waals surface area (Å²) in [5.41, 5.74) is 0. The molecule has 0 radical (unpaired) electrons. The molecule has 1 rings (SSSR count). The molecule has 0 aromatic heterocycles. The predicted octanol–water partition coefficient (Wildman–Crippen LogP) is 1.63. The van der Waals surface area contributed by atoms with Crippen molar-refractivity contribution in [1.82, 2.24) is 0 Å². The summed E-state index contributed by atoms with van der Waals surface area (Å²) in [7, 11) is 3.08. The molecule has 1 aliphatic rings. The van der Waals surface area contributed by atoms with Crippen LogP contribution in [0.2, 0.25) is 0 Å². The molecule has 0 amide bonds. The second kappa shape index (κ2) is 6.21. The number of hydrogen-bond donors (Lipinski definition) is 0. The van der Waals surface area contributed by atoms with Crippen LogP contribution in [0.4, 0.5) is 0 Å². The van der Waals surface area contributed by atoms with Crippen LogP contribution in [-0.2, 0) is 19.0 Å². The monoisotopic (exact) mass is 230 g/mol. The molecule has 16 heavy (non-hydrogen) atoms. The van der Waals surface area contributed by atoms with E-state index in [1.807, 2.05) is 6.92 Å². The highest BCUT2D eigenvalue weighted by Crippen LogP contribution is 2.36. The van der Waals surface area contributed by atoms with Gasteiger partial charge in [0.1, 0.15) is 0 Å². The van der Waals surface area contributed by atoms with Crippen molar-refractivity contribution >= 4 is 5.97 Å². The lowest BCUT2D eigenvalue weighted by Gasteiger charge is -2.20. The summed E-state index contributed by atoms with van der Waals surface area (Å²) in [5.74, 6) is -0.239. The number of esters is 1. The molecule has 1 aliphatic heterocycles. The predicted molar refractivity (Wildman–Crippen MR) is 60.1 cm³/mol. The average molecular weight is 230 g/mol. The van der Waals surface area contributed by atoms with E-state index in [1.54, 1.807) is 7.11 Å². The van der Waals surface area contributed by atoms with E-state index in [1.165, 1.54) is 7.11 Å². The van der Waals surface area contributed by atoms with Crippen LogP contribution in [0.1, 0.15) is 26.7 Å². The van der Waals surface area contributed by atoms with Crippen molar-refractivity contribution in [3.05, 3.63) is 0 Å². The Morgan fingerprint density at radius 3 is 2.25 bits per heavy atom. The van der Waals surface area contributed by atoms with E-state index in [9.17, 15) is 4.79 Å². The van der Waals surface area contributed by atoms with E-state index in [4.69, 9.17) is 14.2 Å². The van der Waals surface area contributed by atoms with Gasteiger partial charge in [0, 0.05) is 13.0 Å². The van der Waals surface area contributed by atoms with Gasteiger partial charge in [0.2, 0.25) is 0 Å². The molecule has 4 nitrogen and oxygen atoms in total. The first-order chi connectivity index (χ1) is 7.69. The Kier molecular flexibility index (Phi) is 5.22. The van der Waals surface area contributed by atoms with Gasteiger partial charge in [0.25, 0.3) is 0 Å². The smallest absolute Gasteiger partial charge is 0.311 e. The minimum Gasteiger partial charge on any atom is -0.469 e. The number of methoxy groups -OCH3 is 2. The quantitative estimate of drug-likeness (QED) is 0.673. The summed E-state index contributed by atoms with van der Waals surface area (Å²) in [6, 6.07) is 0. The Morgan fingerprint density at radius 1 is 1.19 bits per heavy atom. The van der Waals surface area contributed by atoms with Crippen LogP contribution in [0, 0.1) is 11.8 Å². The van der Waals surface area contributed by atoms with E-state index in [0.717, 1.165) is 12.8 Å². The van der Waals surface area contributed by atoms with E-state index in [2.05, 4.69) is 6.92 Å². The molecular formula is C12H22O4. The van der Waals surface area contributed by atoms with Crippen molar-refractivity contribution in [2.45, 2.75) is 38.9 Å². The third kappa shape index (κ3) is 2.55. The molecule has 0 N–H and O–H groups in total. The van der Waals surface area contributed by atoms with Gasteiger partial charge < -0.3 is 14.2 Å². The van der Waals surface area contributed by atoms with Gasteiger partial charge in [-0.05, 0) is 12.8 Å². The standard InChI is InChI=1S/C12H22O4/c1-5-9-8(7-14-3)11(12(13)15-4)10(6-2)16-9/h8-11H,5-7H2,1-4H3. The lowest BCUT2D eigenvalue weighted by molar-refractivity contribution is -0.149. The Balaban J connectivity index is 2.82. The third-order valence-electron chi connectivity index (χ3n) is 3.33. The maximum absolute atomic E-state index is 11.8. The van der Waals surface area contributed by atoms with Gasteiger partial charge in [-0.15, -0.1) is 0 Å². The molecule has 1 fully saturated rings. The highest BCUT2D eigenvalue weighted by molar-refractivity contribution is 5.73. The molecular weight excluding hydrogens is 208 g/mol. The molecule has 94 valence electrons. The summed E-state index contributed by atoms with van der Waals surface area (Å²) in [4.78, 5) is 11.8. The molecule has 0 spiro atoms. The zero-order valence-corrected chi connectivity index (χ0v) is 10.6. The van der Waals surface area contributed by atoms with E-state index in [-0.39, 0.29) is 30.0 Å². The number of ether oxygens (including phenoxy) is 3. The van der Waals surface area contributed by atoms with Crippen molar-refractivity contribution in [3.63, 3.8) is 0 Å². The van der Waals surface area contributed by atoms with Gasteiger partial charge in [-0.25, -0.2) is 0 Å². The fraction of sp³-hybridized carbons (Fsp3) is 0.917. The van der Waals surface area contributed by atoms with Gasteiger partial charge >= 0.3 is 5.97 Å². The molecule has 0 aromatic carbocycles. The SMILES string of the molecule is CCC1OC(CC)C(C(=O)OC)C1COC. The largest absolute Gasteiger partial charge is 0.469 e. The normalized spacial score (nSPS) is 34.0. The maximum Gasteiger partial charge on any atom is 0.311 e. The maximum atomic E-state index is 11.8. The number of hydrogen-bond acceptors (Lipinski definition) is 4. The van der Waals surface area contributed by atoms with Crippen LogP contribution < -0.4 is 0 Å². The van der Waals surface area contributed by atoms with Crippen LogP contribution in [0.15, 0.2) is 0 Å². The number of carbonyl (C=O) groups excluding carboxylic acids is 1. The Hall–Kier alpha value is -0.610. The van der Waals surface area contributed by atoms with Gasteiger partial charge in [-0.2, -0.15) is 0 Å². The van der Waals surface area contributed by atoms with Gasteiger partial charge in [-0.3, -0.25) is 4.79 Å². The Bertz CT molecular complexity index is 229. The molecule has 4 unspecified atom stereocenters. The first kappa shape index (κ1) is 13.5. The first-order valence-corrected chi connectivity index (χ1v) is 5.91. The molecule has 4 heteroatoms. The highest BCUT2D eigenvalue weighted by Gasteiger charge is 2.47. The molecule has 0 saturated carbocycles. The van der Waals surface area contributed by atoms with Gasteiger partial charge in [-0.1, -0.05) is 13.8 Å². The van der Waals surface area contributed by atoms with Gasteiger partial charge in [0.05, 0.1) is 31.8 Å². The molecule has 0 bridgehead atoms. The van der Waals surface area contributed by atoms with Crippen molar-refractivity contribution in [2.75, 3.05) is 20.8 Å². The topological polar surface area (TPSA) is 44.8 Å². The average Bonchev–Trinajstić information content (AvgIpc) is 2.66. The van der Waals surface area contributed by atoms with Crippen LogP contribution in [0.5, 0.6) is 0 Å². The Labute approximate surface area is 97.2 Å². The summed E-state index contributed by atoms with van der Waals surface area (Å²) >= 11 is 0. The minimum absolute atomic E-state index is 0.0300. The Morgan fingerprint density at radius 2 is 1.81 bits per heavy atom. The zero-order chi connectivity index (χ0) is 12.1. The van der Waals surface area contributed by atoms with Crippen LogP contribution in [-0.4, -0.2) is 39.0 Å². The lowest BCUT2D eigenvalue weighted by atomic mass is 9.86. The zero-order valence-electron chi connectivity index (χ0n) is 10.6. The molecule has 0 aliphatic carbocycles. The number of carbonyl (C=O) groups is 1. The van der Waals surface area contributed by atoms with Crippen molar-refractivity contribution in [1.29, 1.82) is 0 Å². The van der Waals surface area contributed by atoms with E-state index >= 15 is 0 Å². The third-order valence-corrected chi connectivity index (χ3v) is 3.33. The molecule has 1 heterocycles. The second-order valence-electron chi connectivity index (χ2n) is 4.20. The summed E-state index contributed by atoms with van der Waals surface area (Å²) in [6.07, 6.45) is 1.81. The van der Waals surface area contributed by atoms with Crippen molar-refractivity contribution < 1.29 is 19.0 Å². The van der Waals surface area contributed by atoms with Crippen molar-refractivity contribution in [2.24, 2.45) is 11.8 Å². The van der Waals surface area contributed by atoms with Crippen LogP contribution in [0.25, 0.3) is 0 Å². The lowest BCUT2D eigenvalue weighted by Crippen LogP contribution is -2.33. The fourth-order valence-corrected chi connectivity index (χ4v) is 2.53. The summed E-state index contributed by atoms with van der Waals surface area (Å²) in [5, 5.41) is 0. The first-order valence-electron chi connectivity index (χ1n) is 5.91.